The first-order chi connectivity index (χ1) is 9.31. The zero-order valence-electron chi connectivity index (χ0n) is 11.0. The summed E-state index contributed by atoms with van der Waals surface area (Å²) < 4.78 is 40.3. The van der Waals surface area contributed by atoms with Crippen LogP contribution < -0.4 is 10.5 Å². The second-order valence-corrected chi connectivity index (χ2v) is 6.03. The lowest BCUT2D eigenvalue weighted by Gasteiger charge is -2.13. The van der Waals surface area contributed by atoms with Crippen molar-refractivity contribution >= 4 is 21.5 Å². The molecule has 0 amide bonds. The average molecular weight is 295 g/mol. The molecule has 0 aliphatic heterocycles. The van der Waals surface area contributed by atoms with E-state index in [1.165, 1.54) is 38.2 Å². The van der Waals surface area contributed by atoms with Gasteiger partial charge in [0.15, 0.2) is 5.82 Å². The zero-order chi connectivity index (χ0) is 14.9. The SMILES string of the molecule is Cc1cc(F)cc(C)c1S(=O)(=O)Nc1ncccc1N. The summed E-state index contributed by atoms with van der Waals surface area (Å²) in [6.45, 7) is 3.07. The van der Waals surface area contributed by atoms with Gasteiger partial charge in [0, 0.05) is 6.20 Å². The number of nitrogens with two attached hydrogens (primary N) is 1. The van der Waals surface area contributed by atoms with Crippen molar-refractivity contribution in [3.63, 3.8) is 0 Å². The number of sulfonamides is 1. The highest BCUT2D eigenvalue weighted by Gasteiger charge is 2.21. The molecule has 20 heavy (non-hydrogen) atoms. The summed E-state index contributed by atoms with van der Waals surface area (Å²) in [6, 6.07) is 5.48. The van der Waals surface area contributed by atoms with Gasteiger partial charge in [-0.3, -0.25) is 4.72 Å². The molecule has 1 aromatic carbocycles. The number of halogens is 1. The van der Waals surface area contributed by atoms with E-state index in [-0.39, 0.29) is 16.4 Å². The lowest BCUT2D eigenvalue weighted by atomic mass is 10.1. The van der Waals surface area contributed by atoms with Gasteiger partial charge in [-0.15, -0.1) is 0 Å². The van der Waals surface area contributed by atoms with Crippen molar-refractivity contribution in [1.82, 2.24) is 4.98 Å². The smallest absolute Gasteiger partial charge is 0.263 e. The molecule has 1 aromatic heterocycles. The van der Waals surface area contributed by atoms with Crippen LogP contribution in [0.2, 0.25) is 0 Å². The topological polar surface area (TPSA) is 85.1 Å². The van der Waals surface area contributed by atoms with Crippen LogP contribution in [-0.4, -0.2) is 13.4 Å². The second kappa shape index (κ2) is 5.09. The van der Waals surface area contributed by atoms with Crippen LogP contribution in [0.25, 0.3) is 0 Å². The van der Waals surface area contributed by atoms with Crippen LogP contribution in [0.4, 0.5) is 15.9 Å². The molecular weight excluding hydrogens is 281 g/mol. The van der Waals surface area contributed by atoms with E-state index in [4.69, 9.17) is 5.73 Å². The second-order valence-electron chi connectivity index (χ2n) is 4.42. The molecule has 0 fully saturated rings. The van der Waals surface area contributed by atoms with Crippen LogP contribution >= 0.6 is 0 Å². The predicted molar refractivity (Wildman–Crippen MR) is 75.3 cm³/mol. The average Bonchev–Trinajstić information content (AvgIpc) is 2.30. The van der Waals surface area contributed by atoms with Crippen LogP contribution in [-0.2, 0) is 10.0 Å². The van der Waals surface area contributed by atoms with E-state index >= 15 is 0 Å². The van der Waals surface area contributed by atoms with Crippen molar-refractivity contribution < 1.29 is 12.8 Å². The summed E-state index contributed by atoms with van der Waals surface area (Å²) in [7, 11) is -3.87. The first-order valence-corrected chi connectivity index (χ1v) is 7.29. The summed E-state index contributed by atoms with van der Waals surface area (Å²) in [4.78, 5) is 3.91. The highest BCUT2D eigenvalue weighted by molar-refractivity contribution is 7.92. The Kier molecular flexibility index (Phi) is 3.63. The first-order valence-electron chi connectivity index (χ1n) is 5.81. The number of aromatic nitrogens is 1. The van der Waals surface area contributed by atoms with E-state index in [1.807, 2.05) is 0 Å². The van der Waals surface area contributed by atoms with Gasteiger partial charge in [-0.05, 0) is 49.2 Å². The van der Waals surface area contributed by atoms with Crippen molar-refractivity contribution in [1.29, 1.82) is 0 Å². The van der Waals surface area contributed by atoms with Gasteiger partial charge in [-0.2, -0.15) is 0 Å². The van der Waals surface area contributed by atoms with Crippen LogP contribution in [0.3, 0.4) is 0 Å². The molecule has 2 aromatic rings. The maximum Gasteiger partial charge on any atom is 0.263 e. The highest BCUT2D eigenvalue weighted by Crippen LogP contribution is 2.25. The number of nitrogens with one attached hydrogen (secondary N) is 1. The minimum atomic E-state index is -3.87. The van der Waals surface area contributed by atoms with Crippen LogP contribution in [0.15, 0.2) is 35.4 Å². The molecule has 1 heterocycles. The molecule has 0 spiro atoms. The number of rotatable bonds is 3. The third-order valence-corrected chi connectivity index (χ3v) is 4.41. The number of nitrogens with zero attached hydrogens (tertiary/aromatic N) is 1. The van der Waals surface area contributed by atoms with Crippen molar-refractivity contribution in [2.24, 2.45) is 0 Å². The standard InChI is InChI=1S/C13H14FN3O2S/c1-8-6-10(14)7-9(2)12(8)20(18,19)17-13-11(15)4-3-5-16-13/h3-7H,15H2,1-2H3,(H,16,17). The molecule has 0 unspecified atom stereocenters. The first kappa shape index (κ1) is 14.3. The van der Waals surface area contributed by atoms with Crippen LogP contribution in [0.5, 0.6) is 0 Å². The van der Waals surface area contributed by atoms with E-state index in [0.29, 0.717) is 11.1 Å². The number of anilines is 2. The molecule has 2 rings (SSSR count). The molecular formula is C13H14FN3O2S. The summed E-state index contributed by atoms with van der Waals surface area (Å²) in [6.07, 6.45) is 1.43. The number of hydrogen-bond acceptors (Lipinski definition) is 4. The van der Waals surface area contributed by atoms with Crippen molar-refractivity contribution in [3.8, 4) is 0 Å². The summed E-state index contributed by atoms with van der Waals surface area (Å²) >= 11 is 0. The molecule has 3 N–H and O–H groups in total. The van der Waals surface area contributed by atoms with Gasteiger partial charge >= 0.3 is 0 Å². The molecule has 106 valence electrons. The van der Waals surface area contributed by atoms with Crippen molar-refractivity contribution in [2.45, 2.75) is 18.7 Å². The number of aryl methyl sites for hydroxylation is 2. The van der Waals surface area contributed by atoms with Crippen LogP contribution in [0.1, 0.15) is 11.1 Å². The van der Waals surface area contributed by atoms with Gasteiger partial charge in [0.2, 0.25) is 0 Å². The van der Waals surface area contributed by atoms with Gasteiger partial charge in [0.1, 0.15) is 5.82 Å². The van der Waals surface area contributed by atoms with Gasteiger partial charge in [-0.25, -0.2) is 17.8 Å². The summed E-state index contributed by atoms with van der Waals surface area (Å²) in [5.74, 6) is -0.424. The summed E-state index contributed by atoms with van der Waals surface area (Å²) in [5, 5.41) is 0. The van der Waals surface area contributed by atoms with Gasteiger partial charge in [0.25, 0.3) is 10.0 Å². The Bertz CT molecular complexity index is 737. The largest absolute Gasteiger partial charge is 0.396 e. The third-order valence-electron chi connectivity index (χ3n) is 2.76. The molecule has 0 bridgehead atoms. The lowest BCUT2D eigenvalue weighted by molar-refractivity contribution is 0.597. The minimum absolute atomic E-state index is 0.0314. The highest BCUT2D eigenvalue weighted by atomic mass is 32.2. The Morgan fingerprint density at radius 3 is 2.40 bits per heavy atom. The molecule has 0 aliphatic rings. The van der Waals surface area contributed by atoms with E-state index in [1.54, 1.807) is 6.07 Å². The fraction of sp³-hybridized carbons (Fsp3) is 0.154. The molecule has 7 heteroatoms. The Balaban J connectivity index is 2.50. The Labute approximate surface area is 116 Å². The zero-order valence-corrected chi connectivity index (χ0v) is 11.8. The molecule has 0 saturated carbocycles. The predicted octanol–water partition coefficient (Wildman–Crippen LogP) is 2.22. The van der Waals surface area contributed by atoms with E-state index in [0.717, 1.165) is 0 Å². The molecule has 0 atom stereocenters. The molecule has 0 aliphatic carbocycles. The Hall–Kier alpha value is -2.15. The van der Waals surface area contributed by atoms with Gasteiger partial charge in [0.05, 0.1) is 10.6 Å². The number of benzene rings is 1. The molecule has 0 saturated heterocycles. The molecule has 0 radical (unpaired) electrons. The third kappa shape index (κ3) is 2.72. The number of nitrogen functional groups attached to an aromatic ring is 1. The van der Waals surface area contributed by atoms with E-state index in [9.17, 15) is 12.8 Å². The number of hydrogen-bond donors (Lipinski definition) is 2. The van der Waals surface area contributed by atoms with Gasteiger partial charge in [-0.1, -0.05) is 0 Å². The number of pyridine rings is 1. The fourth-order valence-electron chi connectivity index (χ4n) is 2.00. The maximum atomic E-state index is 13.2. The Morgan fingerprint density at radius 2 is 1.85 bits per heavy atom. The van der Waals surface area contributed by atoms with E-state index < -0.39 is 15.8 Å². The monoisotopic (exact) mass is 295 g/mol. The fourth-order valence-corrected chi connectivity index (χ4v) is 3.50. The summed E-state index contributed by atoms with van der Waals surface area (Å²) in [5.41, 5.74) is 6.52. The quantitative estimate of drug-likeness (QED) is 0.909. The van der Waals surface area contributed by atoms with E-state index in [2.05, 4.69) is 9.71 Å². The Morgan fingerprint density at radius 1 is 1.25 bits per heavy atom. The maximum absolute atomic E-state index is 13.2. The normalized spacial score (nSPS) is 11.3. The van der Waals surface area contributed by atoms with Crippen molar-refractivity contribution in [2.75, 3.05) is 10.5 Å². The molecule has 5 nitrogen and oxygen atoms in total. The van der Waals surface area contributed by atoms with Crippen LogP contribution in [0, 0.1) is 19.7 Å². The minimum Gasteiger partial charge on any atom is -0.396 e. The van der Waals surface area contributed by atoms with Crippen molar-refractivity contribution in [3.05, 3.63) is 47.4 Å². The lowest BCUT2D eigenvalue weighted by Crippen LogP contribution is -2.17. The van der Waals surface area contributed by atoms with Gasteiger partial charge < -0.3 is 5.73 Å².